The molecule has 0 radical (unpaired) electrons. The molecule has 2 aromatic carbocycles. The number of nitrogens with one attached hydrogen (secondary N) is 1. The number of hydrogen-bond acceptors (Lipinski definition) is 2. The Balaban J connectivity index is 2.17. The molecule has 1 N–H and O–H groups in total. The average molecular weight is 350 g/mol. The highest BCUT2D eigenvalue weighted by Crippen LogP contribution is 2.26. The third kappa shape index (κ3) is 2.62. The predicted octanol–water partition coefficient (Wildman–Crippen LogP) is 3.89. The van der Waals surface area contributed by atoms with Gasteiger partial charge in [-0.15, -0.1) is 0 Å². The van der Waals surface area contributed by atoms with Crippen molar-refractivity contribution in [3.05, 3.63) is 63.1 Å². The van der Waals surface area contributed by atoms with Gasteiger partial charge in [-0.1, -0.05) is 39.7 Å². The lowest BCUT2D eigenvalue weighted by Gasteiger charge is -2.10. The minimum atomic E-state index is -0.113. The molecule has 0 saturated heterocycles. The van der Waals surface area contributed by atoms with E-state index < -0.39 is 0 Å². The average Bonchev–Trinajstić information content (AvgIpc) is 2.58. The summed E-state index contributed by atoms with van der Waals surface area (Å²) in [6, 6.07) is 13.2. The van der Waals surface area contributed by atoms with Crippen LogP contribution in [0.1, 0.15) is 11.1 Å². The van der Waals surface area contributed by atoms with Crippen molar-refractivity contribution >= 4 is 44.8 Å². The van der Waals surface area contributed by atoms with E-state index in [2.05, 4.69) is 26.2 Å². The standard InChI is InChI=1S/C15H10BrClN2O/c16-10-3-6-13-12(7-10)15(18-8-14(20)19-13)9-1-4-11(17)5-2-9/h1-7H,8H2,(H,19,20). The molecule has 0 aromatic heterocycles. The summed E-state index contributed by atoms with van der Waals surface area (Å²) in [5.41, 5.74) is 3.39. The molecule has 20 heavy (non-hydrogen) atoms. The van der Waals surface area contributed by atoms with Crippen molar-refractivity contribution in [2.75, 3.05) is 11.9 Å². The molecule has 0 saturated carbocycles. The van der Waals surface area contributed by atoms with Gasteiger partial charge in [0.15, 0.2) is 0 Å². The van der Waals surface area contributed by atoms with Crippen molar-refractivity contribution in [3.8, 4) is 0 Å². The van der Waals surface area contributed by atoms with E-state index >= 15 is 0 Å². The fraction of sp³-hybridized carbons (Fsp3) is 0.0667. The normalized spacial score (nSPS) is 14.1. The van der Waals surface area contributed by atoms with Crippen LogP contribution in [0, 0.1) is 0 Å². The second-order valence-corrected chi connectivity index (χ2v) is 5.76. The van der Waals surface area contributed by atoms with Crippen molar-refractivity contribution < 1.29 is 4.79 Å². The van der Waals surface area contributed by atoms with Gasteiger partial charge < -0.3 is 5.32 Å². The van der Waals surface area contributed by atoms with Crippen molar-refractivity contribution in [2.45, 2.75) is 0 Å². The molecule has 0 aliphatic carbocycles. The summed E-state index contributed by atoms with van der Waals surface area (Å²) in [5.74, 6) is -0.113. The number of rotatable bonds is 1. The van der Waals surface area contributed by atoms with Crippen LogP contribution < -0.4 is 5.32 Å². The number of aliphatic imine (C=N–C) groups is 1. The molecule has 5 heteroatoms. The van der Waals surface area contributed by atoms with E-state index in [1.165, 1.54) is 0 Å². The predicted molar refractivity (Wildman–Crippen MR) is 84.7 cm³/mol. The van der Waals surface area contributed by atoms with Gasteiger partial charge in [-0.3, -0.25) is 9.79 Å². The maximum atomic E-state index is 11.7. The van der Waals surface area contributed by atoms with Gasteiger partial charge in [0.25, 0.3) is 0 Å². The van der Waals surface area contributed by atoms with Gasteiger partial charge in [0.05, 0.1) is 11.4 Å². The lowest BCUT2D eigenvalue weighted by atomic mass is 10.0. The monoisotopic (exact) mass is 348 g/mol. The molecule has 0 atom stereocenters. The maximum Gasteiger partial charge on any atom is 0.246 e. The van der Waals surface area contributed by atoms with Crippen molar-refractivity contribution in [3.63, 3.8) is 0 Å². The van der Waals surface area contributed by atoms with Crippen molar-refractivity contribution in [2.24, 2.45) is 4.99 Å². The van der Waals surface area contributed by atoms with Crippen LogP contribution in [-0.4, -0.2) is 18.2 Å². The van der Waals surface area contributed by atoms with Gasteiger partial charge in [-0.05, 0) is 30.3 Å². The first-order valence-electron chi connectivity index (χ1n) is 6.03. The van der Waals surface area contributed by atoms with E-state index in [1.54, 1.807) is 0 Å². The van der Waals surface area contributed by atoms with E-state index in [4.69, 9.17) is 11.6 Å². The first-order chi connectivity index (χ1) is 9.63. The van der Waals surface area contributed by atoms with Crippen LogP contribution in [0.4, 0.5) is 5.69 Å². The van der Waals surface area contributed by atoms with Gasteiger partial charge in [0.1, 0.15) is 6.54 Å². The zero-order valence-corrected chi connectivity index (χ0v) is 12.7. The number of amides is 1. The number of hydrogen-bond donors (Lipinski definition) is 1. The molecular weight excluding hydrogens is 340 g/mol. The van der Waals surface area contributed by atoms with E-state index in [0.29, 0.717) is 5.02 Å². The zero-order valence-electron chi connectivity index (χ0n) is 10.4. The van der Waals surface area contributed by atoms with Crippen LogP contribution >= 0.6 is 27.5 Å². The van der Waals surface area contributed by atoms with E-state index in [1.807, 2.05) is 42.5 Å². The van der Waals surface area contributed by atoms with E-state index in [-0.39, 0.29) is 12.5 Å². The molecule has 0 unspecified atom stereocenters. The smallest absolute Gasteiger partial charge is 0.246 e. The molecule has 0 spiro atoms. The number of anilines is 1. The molecule has 1 heterocycles. The summed E-state index contributed by atoms with van der Waals surface area (Å²) in [6.07, 6.45) is 0. The van der Waals surface area contributed by atoms with Gasteiger partial charge in [-0.2, -0.15) is 0 Å². The summed E-state index contributed by atoms with van der Waals surface area (Å²) in [7, 11) is 0. The summed E-state index contributed by atoms with van der Waals surface area (Å²) in [4.78, 5) is 16.1. The second-order valence-electron chi connectivity index (χ2n) is 4.41. The minimum absolute atomic E-state index is 0.113. The lowest BCUT2D eigenvalue weighted by molar-refractivity contribution is -0.114. The molecule has 1 aliphatic heterocycles. The lowest BCUT2D eigenvalue weighted by Crippen LogP contribution is -2.13. The van der Waals surface area contributed by atoms with Gasteiger partial charge in [0, 0.05) is 20.6 Å². The Bertz CT molecular complexity index is 710. The highest BCUT2D eigenvalue weighted by atomic mass is 79.9. The SMILES string of the molecule is O=C1CN=C(c2ccc(Cl)cc2)c2cc(Br)ccc2N1. The largest absolute Gasteiger partial charge is 0.324 e. The molecular formula is C15H10BrClN2O. The second kappa shape index (κ2) is 5.38. The first kappa shape index (κ1) is 13.3. The number of fused-ring (bicyclic) bond motifs is 1. The van der Waals surface area contributed by atoms with Crippen LogP contribution in [0.15, 0.2) is 51.9 Å². The summed E-state index contributed by atoms with van der Waals surface area (Å²) < 4.78 is 0.939. The van der Waals surface area contributed by atoms with Crippen LogP contribution in [0.25, 0.3) is 0 Å². The fourth-order valence-electron chi connectivity index (χ4n) is 2.10. The Hall–Kier alpha value is -1.65. The molecule has 2 aromatic rings. The molecule has 3 rings (SSSR count). The Kier molecular flexibility index (Phi) is 3.59. The van der Waals surface area contributed by atoms with Gasteiger partial charge in [-0.25, -0.2) is 0 Å². The number of carbonyl (C=O) groups excluding carboxylic acids is 1. The van der Waals surface area contributed by atoms with Gasteiger partial charge >= 0.3 is 0 Å². The summed E-state index contributed by atoms with van der Waals surface area (Å²) >= 11 is 9.37. The van der Waals surface area contributed by atoms with E-state index in [0.717, 1.165) is 27.0 Å². The topological polar surface area (TPSA) is 41.5 Å². The maximum absolute atomic E-state index is 11.7. The molecule has 1 amide bonds. The first-order valence-corrected chi connectivity index (χ1v) is 7.21. The Morgan fingerprint density at radius 2 is 1.90 bits per heavy atom. The van der Waals surface area contributed by atoms with Crippen molar-refractivity contribution in [1.29, 1.82) is 0 Å². The number of nitrogens with zero attached hydrogens (tertiary/aromatic N) is 1. The summed E-state index contributed by atoms with van der Waals surface area (Å²) in [6.45, 7) is 0.115. The number of benzodiazepines with no additional fused rings is 1. The quantitative estimate of drug-likeness (QED) is 0.834. The number of halogens is 2. The highest BCUT2D eigenvalue weighted by Gasteiger charge is 2.18. The Morgan fingerprint density at radius 1 is 1.15 bits per heavy atom. The van der Waals surface area contributed by atoms with Crippen molar-refractivity contribution in [1.82, 2.24) is 0 Å². The molecule has 1 aliphatic rings. The third-order valence-corrected chi connectivity index (χ3v) is 3.75. The van der Waals surface area contributed by atoms with E-state index in [9.17, 15) is 4.79 Å². The van der Waals surface area contributed by atoms with Crippen LogP contribution in [0.2, 0.25) is 5.02 Å². The Labute approximate surface area is 129 Å². The van der Waals surface area contributed by atoms with Crippen LogP contribution in [0.3, 0.4) is 0 Å². The summed E-state index contributed by atoms with van der Waals surface area (Å²) in [5, 5.41) is 3.53. The number of carbonyl (C=O) groups is 1. The Morgan fingerprint density at radius 3 is 2.65 bits per heavy atom. The van der Waals surface area contributed by atoms with Crippen LogP contribution in [-0.2, 0) is 4.79 Å². The zero-order chi connectivity index (χ0) is 14.1. The molecule has 100 valence electrons. The minimum Gasteiger partial charge on any atom is -0.324 e. The molecule has 0 bridgehead atoms. The number of benzene rings is 2. The molecule has 0 fully saturated rings. The van der Waals surface area contributed by atoms with Crippen LogP contribution in [0.5, 0.6) is 0 Å². The van der Waals surface area contributed by atoms with Gasteiger partial charge in [0.2, 0.25) is 5.91 Å². The fourth-order valence-corrected chi connectivity index (χ4v) is 2.59. The molecule has 3 nitrogen and oxygen atoms in total. The highest BCUT2D eigenvalue weighted by molar-refractivity contribution is 9.10. The third-order valence-electron chi connectivity index (χ3n) is 3.01.